The van der Waals surface area contributed by atoms with Gasteiger partial charge in [0.05, 0.1) is 18.6 Å². The lowest BCUT2D eigenvalue weighted by molar-refractivity contribution is -0.134. The van der Waals surface area contributed by atoms with Crippen molar-refractivity contribution in [1.29, 1.82) is 0 Å². The summed E-state index contributed by atoms with van der Waals surface area (Å²) >= 11 is 0. The van der Waals surface area contributed by atoms with Crippen molar-refractivity contribution in [3.63, 3.8) is 0 Å². The summed E-state index contributed by atoms with van der Waals surface area (Å²) in [5.41, 5.74) is 2.30. The maximum absolute atomic E-state index is 12.3. The standard InChI is InChI=1S/C17H23N3O/c1-14(7-6-10-15-8-4-3-5-9-15)17(21)20(2)12-16-11-18-13-19-16/h3-5,8-9,11,13-14H,6-7,10,12H2,1-2H3,(H,18,19). The molecule has 1 heterocycles. The van der Waals surface area contributed by atoms with Crippen LogP contribution in [0.15, 0.2) is 42.9 Å². The molecule has 0 saturated carbocycles. The van der Waals surface area contributed by atoms with Crippen molar-refractivity contribution in [1.82, 2.24) is 14.9 Å². The summed E-state index contributed by atoms with van der Waals surface area (Å²) in [6.45, 7) is 2.60. The number of H-pyrrole nitrogens is 1. The molecule has 0 radical (unpaired) electrons. The first-order chi connectivity index (χ1) is 10.2. The van der Waals surface area contributed by atoms with Crippen molar-refractivity contribution in [3.05, 3.63) is 54.1 Å². The van der Waals surface area contributed by atoms with E-state index in [4.69, 9.17) is 0 Å². The normalized spacial score (nSPS) is 12.1. The zero-order valence-corrected chi connectivity index (χ0v) is 12.7. The third-order valence-corrected chi connectivity index (χ3v) is 3.71. The smallest absolute Gasteiger partial charge is 0.225 e. The molecule has 112 valence electrons. The summed E-state index contributed by atoms with van der Waals surface area (Å²) in [7, 11) is 1.84. The van der Waals surface area contributed by atoms with Gasteiger partial charge in [-0.15, -0.1) is 0 Å². The predicted octanol–water partition coefficient (Wildman–Crippen LogP) is 3.03. The molecule has 0 fully saturated rings. The number of hydrogen-bond donors (Lipinski definition) is 1. The lowest BCUT2D eigenvalue weighted by Gasteiger charge is -2.20. The first-order valence-electron chi connectivity index (χ1n) is 7.43. The molecule has 4 nitrogen and oxygen atoms in total. The van der Waals surface area contributed by atoms with E-state index < -0.39 is 0 Å². The molecule has 0 aliphatic heterocycles. The summed E-state index contributed by atoms with van der Waals surface area (Å²) in [5, 5.41) is 0. The van der Waals surface area contributed by atoms with E-state index in [0.29, 0.717) is 6.54 Å². The second kappa shape index (κ2) is 7.62. The molecule has 2 rings (SSSR count). The molecule has 21 heavy (non-hydrogen) atoms. The van der Waals surface area contributed by atoms with Gasteiger partial charge in [0, 0.05) is 19.2 Å². The summed E-state index contributed by atoms with van der Waals surface area (Å²) in [6.07, 6.45) is 6.37. The second-order valence-corrected chi connectivity index (χ2v) is 5.55. The number of imidazole rings is 1. The minimum Gasteiger partial charge on any atom is -0.347 e. The van der Waals surface area contributed by atoms with Gasteiger partial charge in [0.15, 0.2) is 0 Å². The molecular weight excluding hydrogens is 262 g/mol. The fraction of sp³-hybridized carbons (Fsp3) is 0.412. The van der Waals surface area contributed by atoms with Crippen LogP contribution in [0.3, 0.4) is 0 Å². The summed E-state index contributed by atoms with van der Waals surface area (Å²) in [4.78, 5) is 21.1. The van der Waals surface area contributed by atoms with Crippen molar-refractivity contribution < 1.29 is 4.79 Å². The molecule has 0 aliphatic rings. The number of carbonyl (C=O) groups excluding carboxylic acids is 1. The maximum Gasteiger partial charge on any atom is 0.225 e. The molecule has 0 aliphatic carbocycles. The van der Waals surface area contributed by atoms with Crippen LogP contribution in [0.1, 0.15) is 31.0 Å². The molecule has 0 spiro atoms. The van der Waals surface area contributed by atoms with Gasteiger partial charge in [-0.25, -0.2) is 4.98 Å². The van der Waals surface area contributed by atoms with Gasteiger partial charge in [-0.1, -0.05) is 37.3 Å². The number of amides is 1. The van der Waals surface area contributed by atoms with Gasteiger partial charge in [-0.05, 0) is 24.8 Å². The highest BCUT2D eigenvalue weighted by molar-refractivity contribution is 5.78. The number of nitrogens with one attached hydrogen (secondary N) is 1. The number of aryl methyl sites for hydroxylation is 1. The van der Waals surface area contributed by atoms with E-state index in [-0.39, 0.29) is 11.8 Å². The fourth-order valence-corrected chi connectivity index (χ4v) is 2.46. The van der Waals surface area contributed by atoms with Crippen molar-refractivity contribution in [2.24, 2.45) is 5.92 Å². The molecule has 0 saturated heterocycles. The number of benzene rings is 1. The number of aromatic nitrogens is 2. The first kappa shape index (κ1) is 15.3. The van der Waals surface area contributed by atoms with Gasteiger partial charge in [-0.2, -0.15) is 0 Å². The Morgan fingerprint density at radius 2 is 2.10 bits per heavy atom. The first-order valence-corrected chi connectivity index (χ1v) is 7.43. The van der Waals surface area contributed by atoms with Crippen LogP contribution in [0.2, 0.25) is 0 Å². The third-order valence-electron chi connectivity index (χ3n) is 3.71. The van der Waals surface area contributed by atoms with Crippen LogP contribution in [0.25, 0.3) is 0 Å². The minimum atomic E-state index is 0.0571. The molecule has 4 heteroatoms. The van der Waals surface area contributed by atoms with Crippen LogP contribution >= 0.6 is 0 Å². The van der Waals surface area contributed by atoms with Gasteiger partial charge < -0.3 is 9.88 Å². The summed E-state index contributed by atoms with van der Waals surface area (Å²) in [5.74, 6) is 0.249. The zero-order valence-electron chi connectivity index (χ0n) is 12.7. The van der Waals surface area contributed by atoms with Crippen molar-refractivity contribution in [3.8, 4) is 0 Å². The van der Waals surface area contributed by atoms with Crippen LogP contribution < -0.4 is 0 Å². The number of hydrogen-bond acceptors (Lipinski definition) is 2. The maximum atomic E-state index is 12.3. The van der Waals surface area contributed by atoms with Gasteiger partial charge in [0.2, 0.25) is 5.91 Å². The van der Waals surface area contributed by atoms with Crippen molar-refractivity contribution in [2.45, 2.75) is 32.7 Å². The second-order valence-electron chi connectivity index (χ2n) is 5.55. The Morgan fingerprint density at radius 3 is 2.76 bits per heavy atom. The summed E-state index contributed by atoms with van der Waals surface area (Å²) < 4.78 is 0. The minimum absolute atomic E-state index is 0.0571. The van der Waals surface area contributed by atoms with Gasteiger partial charge in [0.1, 0.15) is 0 Å². The Bertz CT molecular complexity index is 536. The predicted molar refractivity (Wildman–Crippen MR) is 83.6 cm³/mol. The number of carbonyl (C=O) groups is 1. The van der Waals surface area contributed by atoms with Crippen LogP contribution in [-0.4, -0.2) is 27.8 Å². The monoisotopic (exact) mass is 285 g/mol. The summed E-state index contributed by atoms with van der Waals surface area (Å²) in [6, 6.07) is 10.4. The van der Waals surface area contributed by atoms with E-state index in [1.54, 1.807) is 17.4 Å². The van der Waals surface area contributed by atoms with E-state index in [1.807, 2.05) is 20.0 Å². The molecule has 1 atom stereocenters. The average Bonchev–Trinajstić information content (AvgIpc) is 3.00. The molecule has 1 unspecified atom stereocenters. The molecule has 1 N–H and O–H groups in total. The van der Waals surface area contributed by atoms with Gasteiger partial charge in [0.25, 0.3) is 0 Å². The molecule has 1 amide bonds. The quantitative estimate of drug-likeness (QED) is 0.850. The van der Waals surface area contributed by atoms with Crippen LogP contribution in [0.5, 0.6) is 0 Å². The van der Waals surface area contributed by atoms with Gasteiger partial charge in [-0.3, -0.25) is 4.79 Å². The topological polar surface area (TPSA) is 49.0 Å². The Labute approximate surface area is 126 Å². The average molecular weight is 285 g/mol. The Morgan fingerprint density at radius 1 is 1.33 bits per heavy atom. The van der Waals surface area contributed by atoms with Gasteiger partial charge >= 0.3 is 0 Å². The van der Waals surface area contributed by atoms with Crippen molar-refractivity contribution in [2.75, 3.05) is 7.05 Å². The number of aromatic amines is 1. The van der Waals surface area contributed by atoms with E-state index in [0.717, 1.165) is 25.0 Å². The molecule has 1 aromatic heterocycles. The Hall–Kier alpha value is -2.10. The molecule has 2 aromatic rings. The largest absolute Gasteiger partial charge is 0.347 e. The van der Waals surface area contributed by atoms with E-state index >= 15 is 0 Å². The SMILES string of the molecule is CC(CCCc1ccccc1)C(=O)N(C)Cc1cnc[nH]1. The Kier molecular flexibility index (Phi) is 5.55. The zero-order chi connectivity index (χ0) is 15.1. The van der Waals surface area contributed by atoms with Crippen LogP contribution in [0.4, 0.5) is 0 Å². The molecule has 1 aromatic carbocycles. The Balaban J connectivity index is 1.74. The molecular formula is C17H23N3O. The molecule has 0 bridgehead atoms. The van der Waals surface area contributed by atoms with Crippen molar-refractivity contribution >= 4 is 5.91 Å². The third kappa shape index (κ3) is 4.74. The van der Waals surface area contributed by atoms with E-state index in [1.165, 1.54) is 5.56 Å². The van der Waals surface area contributed by atoms with Crippen LogP contribution in [-0.2, 0) is 17.8 Å². The lowest BCUT2D eigenvalue weighted by atomic mass is 10.00. The number of nitrogens with zero attached hydrogens (tertiary/aromatic N) is 2. The highest BCUT2D eigenvalue weighted by Gasteiger charge is 2.17. The van der Waals surface area contributed by atoms with E-state index in [2.05, 4.69) is 34.2 Å². The lowest BCUT2D eigenvalue weighted by Crippen LogP contribution is -2.31. The van der Waals surface area contributed by atoms with E-state index in [9.17, 15) is 4.79 Å². The highest BCUT2D eigenvalue weighted by atomic mass is 16.2. The highest BCUT2D eigenvalue weighted by Crippen LogP contribution is 2.13. The van der Waals surface area contributed by atoms with Crippen LogP contribution in [0, 0.1) is 5.92 Å². The number of rotatable bonds is 7. The fourth-order valence-electron chi connectivity index (χ4n) is 2.46.